The van der Waals surface area contributed by atoms with Gasteiger partial charge in [-0.3, -0.25) is 9.69 Å². The van der Waals surface area contributed by atoms with Crippen LogP contribution in [0.2, 0.25) is 0 Å². The maximum Gasteiger partial charge on any atom is 0.271 e. The van der Waals surface area contributed by atoms with Crippen molar-refractivity contribution in [2.45, 2.75) is 63.5 Å². The molecule has 1 aromatic heterocycles. The number of hydrogen-bond donors (Lipinski definition) is 4. The van der Waals surface area contributed by atoms with E-state index in [-0.39, 0.29) is 11.2 Å². The summed E-state index contributed by atoms with van der Waals surface area (Å²) in [5, 5.41) is 6.71. The number of hydrogen-bond acceptors (Lipinski definition) is 9. The van der Waals surface area contributed by atoms with Crippen LogP contribution >= 0.6 is 0 Å². The third kappa shape index (κ3) is 6.62. The van der Waals surface area contributed by atoms with Crippen LogP contribution in [0.1, 0.15) is 61.6 Å². The Balaban J connectivity index is 1.24. The molecule has 10 nitrogen and oxygen atoms in total. The van der Waals surface area contributed by atoms with Crippen LogP contribution in [0.15, 0.2) is 24.3 Å². The molecule has 2 saturated heterocycles. The second-order valence-corrected chi connectivity index (χ2v) is 11.6. The van der Waals surface area contributed by atoms with Gasteiger partial charge in [-0.1, -0.05) is 19.8 Å². The zero-order valence-electron chi connectivity index (χ0n) is 23.6. The summed E-state index contributed by atoms with van der Waals surface area (Å²) in [4.78, 5) is 29.2. The molecule has 5 rings (SSSR count). The van der Waals surface area contributed by atoms with Crippen LogP contribution in [-0.4, -0.2) is 90.1 Å². The van der Waals surface area contributed by atoms with Crippen molar-refractivity contribution in [1.82, 2.24) is 19.8 Å². The third-order valence-corrected chi connectivity index (χ3v) is 8.76. The normalized spacial score (nSPS) is 20.7. The molecule has 3 aliphatic rings. The number of nitrogens with two attached hydrogens (primary N) is 2. The fraction of sp³-hybridized carbons (Fsp3) is 0.621. The van der Waals surface area contributed by atoms with Gasteiger partial charge in [0.15, 0.2) is 11.5 Å². The second kappa shape index (κ2) is 12.1. The predicted octanol–water partition coefficient (Wildman–Crippen LogP) is 2.78. The van der Waals surface area contributed by atoms with Crippen molar-refractivity contribution in [3.8, 4) is 0 Å². The largest absolute Gasteiger partial charge is 0.371 e. The number of aryl methyl sites for hydroxylation is 1. The van der Waals surface area contributed by atoms with Gasteiger partial charge in [0, 0.05) is 68.8 Å². The molecule has 0 unspecified atom stereocenters. The minimum atomic E-state index is -0.600. The smallest absolute Gasteiger partial charge is 0.271 e. The summed E-state index contributed by atoms with van der Waals surface area (Å²) < 4.78 is 0. The van der Waals surface area contributed by atoms with Gasteiger partial charge < -0.3 is 31.9 Å². The van der Waals surface area contributed by atoms with E-state index in [1.54, 1.807) is 0 Å². The van der Waals surface area contributed by atoms with E-state index in [9.17, 15) is 4.79 Å². The lowest BCUT2D eigenvalue weighted by molar-refractivity contribution is 0.0982. The topological polar surface area (TPSA) is 129 Å². The SMILES string of the molecule is CCc1nc(C(N)=O)c(Nc2ccc(N3CCC(N4CCN(C)CC4)CC3)cc2)nc1NCC1(N)CCCC1. The number of aromatic nitrogens is 2. The van der Waals surface area contributed by atoms with E-state index in [0.717, 1.165) is 44.5 Å². The molecule has 6 N–H and O–H groups in total. The molecule has 0 radical (unpaired) electrons. The molecule has 1 aliphatic carbocycles. The molecular formula is C29H45N9O. The standard InChI is InChI=1S/C29H45N9O/c1-3-24-27(32-20-29(31)12-4-5-13-29)35-28(25(34-24)26(30)39)33-21-6-8-22(9-7-21)37-14-10-23(11-15-37)38-18-16-36(2)17-19-38/h6-9,23H,3-5,10-20,31H2,1-2H3,(H2,30,39)(H2,32,33,35). The predicted molar refractivity (Wildman–Crippen MR) is 158 cm³/mol. The van der Waals surface area contributed by atoms with Crippen molar-refractivity contribution in [2.24, 2.45) is 11.5 Å². The van der Waals surface area contributed by atoms with Gasteiger partial charge in [-0.2, -0.15) is 0 Å². The molecule has 0 bridgehead atoms. The average molecular weight is 536 g/mol. The summed E-state index contributed by atoms with van der Waals surface area (Å²) in [6.07, 6.45) is 7.34. The molecular weight excluding hydrogens is 490 g/mol. The number of carbonyl (C=O) groups is 1. The van der Waals surface area contributed by atoms with Gasteiger partial charge >= 0.3 is 0 Å². The first-order valence-corrected chi connectivity index (χ1v) is 14.6. The van der Waals surface area contributed by atoms with Gasteiger partial charge in [0.05, 0.1) is 5.69 Å². The Hall–Kier alpha value is -2.95. The molecule has 212 valence electrons. The van der Waals surface area contributed by atoms with Crippen molar-refractivity contribution >= 4 is 28.9 Å². The zero-order chi connectivity index (χ0) is 27.4. The van der Waals surface area contributed by atoms with E-state index in [4.69, 9.17) is 16.5 Å². The second-order valence-electron chi connectivity index (χ2n) is 11.6. The summed E-state index contributed by atoms with van der Waals surface area (Å²) in [6.45, 7) is 9.46. The van der Waals surface area contributed by atoms with E-state index in [2.05, 4.69) is 49.5 Å². The van der Waals surface area contributed by atoms with Gasteiger partial charge in [0.1, 0.15) is 5.82 Å². The first kappa shape index (κ1) is 27.6. The monoisotopic (exact) mass is 535 g/mol. The number of amides is 1. The third-order valence-electron chi connectivity index (χ3n) is 8.76. The maximum atomic E-state index is 12.3. The first-order valence-electron chi connectivity index (χ1n) is 14.6. The highest BCUT2D eigenvalue weighted by Gasteiger charge is 2.30. The van der Waals surface area contributed by atoms with Gasteiger partial charge in [0.25, 0.3) is 5.91 Å². The van der Waals surface area contributed by atoms with Crippen molar-refractivity contribution < 1.29 is 4.79 Å². The number of likely N-dealkylation sites (N-methyl/N-ethyl adjacent to an activating group) is 1. The van der Waals surface area contributed by atoms with Crippen LogP contribution in [0, 0.1) is 0 Å². The van der Waals surface area contributed by atoms with Crippen LogP contribution < -0.4 is 27.0 Å². The summed E-state index contributed by atoms with van der Waals surface area (Å²) in [5.41, 5.74) is 14.9. The highest BCUT2D eigenvalue weighted by molar-refractivity contribution is 5.96. The number of primary amides is 1. The number of anilines is 4. The molecule has 0 atom stereocenters. The molecule has 2 aliphatic heterocycles. The number of carbonyl (C=O) groups excluding carboxylic acids is 1. The van der Waals surface area contributed by atoms with E-state index in [0.29, 0.717) is 36.3 Å². The van der Waals surface area contributed by atoms with Gasteiger partial charge in [0.2, 0.25) is 0 Å². The molecule has 1 amide bonds. The van der Waals surface area contributed by atoms with E-state index in [1.165, 1.54) is 44.7 Å². The number of piperidine rings is 1. The number of nitrogens with zero attached hydrogens (tertiary/aromatic N) is 5. The minimum Gasteiger partial charge on any atom is -0.371 e. The molecule has 1 aromatic carbocycles. The van der Waals surface area contributed by atoms with Crippen LogP contribution in [0.25, 0.3) is 0 Å². The van der Waals surface area contributed by atoms with Gasteiger partial charge in [-0.15, -0.1) is 0 Å². The van der Waals surface area contributed by atoms with Crippen LogP contribution in [0.4, 0.5) is 23.0 Å². The van der Waals surface area contributed by atoms with Crippen LogP contribution in [-0.2, 0) is 6.42 Å². The zero-order valence-corrected chi connectivity index (χ0v) is 23.6. The summed E-state index contributed by atoms with van der Waals surface area (Å²) in [7, 11) is 2.21. The molecule has 0 spiro atoms. The van der Waals surface area contributed by atoms with Crippen molar-refractivity contribution in [3.63, 3.8) is 0 Å². The van der Waals surface area contributed by atoms with Crippen molar-refractivity contribution in [2.75, 3.05) is 68.4 Å². The number of nitrogens with one attached hydrogen (secondary N) is 2. The Morgan fingerprint density at radius 3 is 2.28 bits per heavy atom. The highest BCUT2D eigenvalue weighted by Crippen LogP contribution is 2.29. The summed E-state index contributed by atoms with van der Waals surface area (Å²) in [5.74, 6) is 0.416. The van der Waals surface area contributed by atoms with E-state index < -0.39 is 5.91 Å². The Morgan fingerprint density at radius 2 is 1.67 bits per heavy atom. The van der Waals surface area contributed by atoms with Gasteiger partial charge in [-0.25, -0.2) is 9.97 Å². The molecule has 39 heavy (non-hydrogen) atoms. The lowest BCUT2D eigenvalue weighted by Gasteiger charge is -2.42. The minimum absolute atomic E-state index is 0.149. The Kier molecular flexibility index (Phi) is 8.54. The Bertz CT molecular complexity index is 1120. The van der Waals surface area contributed by atoms with Crippen molar-refractivity contribution in [1.29, 1.82) is 0 Å². The number of piperazine rings is 1. The van der Waals surface area contributed by atoms with Crippen LogP contribution in [0.3, 0.4) is 0 Å². The molecule has 3 fully saturated rings. The lowest BCUT2D eigenvalue weighted by atomic mass is 9.99. The Morgan fingerprint density at radius 1 is 1.00 bits per heavy atom. The average Bonchev–Trinajstić information content (AvgIpc) is 3.39. The molecule has 2 aromatic rings. The van der Waals surface area contributed by atoms with Crippen LogP contribution in [0.5, 0.6) is 0 Å². The summed E-state index contributed by atoms with van der Waals surface area (Å²) >= 11 is 0. The molecule has 10 heteroatoms. The van der Waals surface area contributed by atoms with Crippen molar-refractivity contribution in [3.05, 3.63) is 35.7 Å². The highest BCUT2D eigenvalue weighted by atomic mass is 16.1. The quantitative estimate of drug-likeness (QED) is 0.383. The van der Waals surface area contributed by atoms with E-state index >= 15 is 0 Å². The number of benzene rings is 1. The maximum absolute atomic E-state index is 12.3. The van der Waals surface area contributed by atoms with Gasteiger partial charge in [-0.05, 0) is 63.4 Å². The molecule has 3 heterocycles. The van der Waals surface area contributed by atoms with E-state index in [1.807, 2.05) is 19.1 Å². The fourth-order valence-corrected chi connectivity index (χ4v) is 6.20. The first-order chi connectivity index (χ1) is 18.8. The summed E-state index contributed by atoms with van der Waals surface area (Å²) in [6, 6.07) is 9.02. The number of rotatable bonds is 9. The Labute approximate surface area is 232 Å². The fourth-order valence-electron chi connectivity index (χ4n) is 6.20. The lowest BCUT2D eigenvalue weighted by Crippen LogP contribution is -2.52. The molecule has 1 saturated carbocycles.